The highest BCUT2D eigenvalue weighted by Gasteiger charge is 2.47. The summed E-state index contributed by atoms with van der Waals surface area (Å²) in [5.41, 5.74) is -0.242. The molecule has 0 aromatic heterocycles. The second-order valence-electron chi connectivity index (χ2n) is 6.81. The minimum Gasteiger partial charge on any atom is -0.342 e. The second kappa shape index (κ2) is 4.25. The number of nitrogens with zero attached hydrogens (tertiary/aromatic N) is 1. The fraction of sp³-hybridized carbons (Fsp3) is 0.857. The third-order valence-corrected chi connectivity index (χ3v) is 4.19. The van der Waals surface area contributed by atoms with Crippen molar-refractivity contribution in [2.45, 2.75) is 65.6 Å². The summed E-state index contributed by atoms with van der Waals surface area (Å²) in [6.07, 6.45) is 2.36. The Labute approximate surface area is 109 Å². The third-order valence-electron chi connectivity index (χ3n) is 4.19. The average molecular weight is 252 g/mol. The second-order valence-corrected chi connectivity index (χ2v) is 6.81. The van der Waals surface area contributed by atoms with Gasteiger partial charge in [-0.05, 0) is 38.0 Å². The molecule has 1 N–H and O–H groups in total. The molecule has 18 heavy (non-hydrogen) atoms. The highest BCUT2D eigenvalue weighted by molar-refractivity contribution is 5.97. The van der Waals surface area contributed by atoms with E-state index in [0.29, 0.717) is 5.92 Å². The van der Waals surface area contributed by atoms with Crippen LogP contribution < -0.4 is 5.32 Å². The van der Waals surface area contributed by atoms with Gasteiger partial charge in [0.2, 0.25) is 11.8 Å². The van der Waals surface area contributed by atoms with Gasteiger partial charge < -0.3 is 10.2 Å². The lowest BCUT2D eigenvalue weighted by atomic mass is 9.83. The van der Waals surface area contributed by atoms with E-state index in [4.69, 9.17) is 0 Å². The lowest BCUT2D eigenvalue weighted by Gasteiger charge is -2.45. The minimum atomic E-state index is -0.401. The zero-order chi connectivity index (χ0) is 13.7. The average Bonchev–Trinajstić information content (AvgIpc) is 3.05. The molecule has 1 aliphatic heterocycles. The van der Waals surface area contributed by atoms with Crippen LogP contribution in [0.5, 0.6) is 0 Å². The van der Waals surface area contributed by atoms with Crippen LogP contribution in [-0.2, 0) is 9.59 Å². The molecule has 1 saturated heterocycles. The van der Waals surface area contributed by atoms with Gasteiger partial charge in [-0.2, -0.15) is 0 Å². The molecule has 0 aromatic rings. The molecule has 0 radical (unpaired) electrons. The number of hydrogen-bond acceptors (Lipinski definition) is 2. The van der Waals surface area contributed by atoms with Crippen molar-refractivity contribution in [3.05, 3.63) is 0 Å². The summed E-state index contributed by atoms with van der Waals surface area (Å²) in [7, 11) is 0. The van der Waals surface area contributed by atoms with E-state index in [0.717, 1.165) is 0 Å². The first-order valence-corrected chi connectivity index (χ1v) is 6.86. The van der Waals surface area contributed by atoms with E-state index in [9.17, 15) is 9.59 Å². The SMILES string of the molecule is CC1C(=O)NC(C(C)(C)C)C(=O)N1C(C)C1CC1. The van der Waals surface area contributed by atoms with Crippen LogP contribution >= 0.6 is 0 Å². The number of nitrogens with one attached hydrogen (secondary N) is 1. The quantitative estimate of drug-likeness (QED) is 0.810. The van der Waals surface area contributed by atoms with Crippen molar-refractivity contribution in [1.29, 1.82) is 0 Å². The molecule has 2 aliphatic rings. The fourth-order valence-corrected chi connectivity index (χ4v) is 2.74. The van der Waals surface area contributed by atoms with Gasteiger partial charge in [-0.3, -0.25) is 9.59 Å². The Morgan fingerprint density at radius 1 is 1.28 bits per heavy atom. The molecule has 1 aliphatic carbocycles. The zero-order valence-electron chi connectivity index (χ0n) is 12.0. The molecule has 0 aromatic carbocycles. The molecule has 3 atom stereocenters. The van der Waals surface area contributed by atoms with E-state index >= 15 is 0 Å². The first-order valence-electron chi connectivity index (χ1n) is 6.86. The number of amides is 2. The molecule has 4 heteroatoms. The normalized spacial score (nSPS) is 31.3. The van der Waals surface area contributed by atoms with Crippen molar-refractivity contribution in [2.75, 3.05) is 0 Å². The van der Waals surface area contributed by atoms with Crippen molar-refractivity contribution < 1.29 is 9.59 Å². The smallest absolute Gasteiger partial charge is 0.246 e. The number of carbonyl (C=O) groups excluding carboxylic acids is 2. The van der Waals surface area contributed by atoms with Crippen LogP contribution in [0, 0.1) is 11.3 Å². The van der Waals surface area contributed by atoms with Crippen LogP contribution in [-0.4, -0.2) is 34.8 Å². The van der Waals surface area contributed by atoms with E-state index in [-0.39, 0.29) is 29.3 Å². The van der Waals surface area contributed by atoms with Crippen molar-refractivity contribution in [2.24, 2.45) is 11.3 Å². The number of rotatable bonds is 2. The molecule has 1 saturated carbocycles. The fourth-order valence-electron chi connectivity index (χ4n) is 2.74. The van der Waals surface area contributed by atoms with Gasteiger partial charge in [-0.25, -0.2) is 0 Å². The summed E-state index contributed by atoms with van der Waals surface area (Å²) in [4.78, 5) is 26.5. The van der Waals surface area contributed by atoms with Crippen molar-refractivity contribution >= 4 is 11.8 Å². The van der Waals surface area contributed by atoms with Crippen LogP contribution in [0.4, 0.5) is 0 Å². The number of carbonyl (C=O) groups is 2. The summed E-state index contributed by atoms with van der Waals surface area (Å²) in [5, 5.41) is 2.87. The summed E-state index contributed by atoms with van der Waals surface area (Å²) in [6.45, 7) is 9.87. The minimum absolute atomic E-state index is 0.0259. The number of hydrogen-bond donors (Lipinski definition) is 1. The Morgan fingerprint density at radius 3 is 2.28 bits per heavy atom. The van der Waals surface area contributed by atoms with Crippen molar-refractivity contribution in [3.8, 4) is 0 Å². The first kappa shape index (κ1) is 13.4. The van der Waals surface area contributed by atoms with Gasteiger partial charge in [-0.1, -0.05) is 20.8 Å². The molecule has 0 spiro atoms. The summed E-state index contributed by atoms with van der Waals surface area (Å²) in [5.74, 6) is 0.638. The molecule has 0 bridgehead atoms. The van der Waals surface area contributed by atoms with E-state index < -0.39 is 6.04 Å². The van der Waals surface area contributed by atoms with Crippen LogP contribution in [0.3, 0.4) is 0 Å². The largest absolute Gasteiger partial charge is 0.342 e. The predicted molar refractivity (Wildman–Crippen MR) is 69.9 cm³/mol. The third kappa shape index (κ3) is 2.25. The van der Waals surface area contributed by atoms with Gasteiger partial charge in [0.25, 0.3) is 0 Å². The van der Waals surface area contributed by atoms with Crippen LogP contribution in [0.15, 0.2) is 0 Å². The van der Waals surface area contributed by atoms with E-state index in [1.807, 2.05) is 32.6 Å². The van der Waals surface area contributed by atoms with Crippen LogP contribution in [0.2, 0.25) is 0 Å². The predicted octanol–water partition coefficient (Wildman–Crippen LogP) is 1.55. The van der Waals surface area contributed by atoms with Gasteiger partial charge >= 0.3 is 0 Å². The number of piperazine rings is 1. The molecule has 1 heterocycles. The molecule has 2 fully saturated rings. The van der Waals surface area contributed by atoms with E-state index in [1.54, 1.807) is 0 Å². The Balaban J connectivity index is 2.25. The van der Waals surface area contributed by atoms with Crippen LogP contribution in [0.25, 0.3) is 0 Å². The van der Waals surface area contributed by atoms with Gasteiger partial charge in [0.05, 0.1) is 0 Å². The Bertz CT molecular complexity index is 368. The highest BCUT2D eigenvalue weighted by atomic mass is 16.2. The van der Waals surface area contributed by atoms with Gasteiger partial charge in [0.15, 0.2) is 0 Å². The Morgan fingerprint density at radius 2 is 1.83 bits per heavy atom. The van der Waals surface area contributed by atoms with Gasteiger partial charge in [0.1, 0.15) is 12.1 Å². The Hall–Kier alpha value is -1.06. The maximum atomic E-state index is 12.6. The topological polar surface area (TPSA) is 49.4 Å². The summed E-state index contributed by atoms with van der Waals surface area (Å²) < 4.78 is 0. The highest BCUT2D eigenvalue weighted by Crippen LogP contribution is 2.37. The maximum absolute atomic E-state index is 12.6. The van der Waals surface area contributed by atoms with E-state index in [2.05, 4.69) is 12.2 Å². The van der Waals surface area contributed by atoms with E-state index in [1.165, 1.54) is 12.8 Å². The first-order chi connectivity index (χ1) is 8.23. The zero-order valence-corrected chi connectivity index (χ0v) is 12.0. The van der Waals surface area contributed by atoms with Crippen molar-refractivity contribution in [1.82, 2.24) is 10.2 Å². The van der Waals surface area contributed by atoms with Crippen LogP contribution in [0.1, 0.15) is 47.5 Å². The Kier molecular flexibility index (Phi) is 3.16. The lowest BCUT2D eigenvalue weighted by molar-refractivity contribution is -0.154. The summed E-state index contributed by atoms with van der Waals surface area (Å²) >= 11 is 0. The molecular formula is C14H24N2O2. The molecule has 2 rings (SSSR count). The van der Waals surface area contributed by atoms with Gasteiger partial charge in [0, 0.05) is 6.04 Å². The molecule has 2 amide bonds. The molecule has 3 unspecified atom stereocenters. The molecule has 4 nitrogen and oxygen atoms in total. The standard InChI is InChI=1S/C14H24N2O2/c1-8(10-6-7-10)16-9(2)12(17)15-11(13(16)18)14(3,4)5/h8-11H,6-7H2,1-5H3,(H,15,17). The van der Waals surface area contributed by atoms with Gasteiger partial charge in [-0.15, -0.1) is 0 Å². The summed E-state index contributed by atoms with van der Waals surface area (Å²) in [6, 6.07) is -0.558. The molecular weight excluding hydrogens is 228 g/mol. The van der Waals surface area contributed by atoms with Crippen molar-refractivity contribution in [3.63, 3.8) is 0 Å². The maximum Gasteiger partial charge on any atom is 0.246 e. The molecule has 102 valence electrons. The lowest BCUT2D eigenvalue weighted by Crippen LogP contribution is -2.67. The monoisotopic (exact) mass is 252 g/mol.